The number of aromatic nitrogens is 1. The van der Waals surface area contributed by atoms with Gasteiger partial charge in [0.15, 0.2) is 5.69 Å². The van der Waals surface area contributed by atoms with Gasteiger partial charge in [-0.3, -0.25) is 0 Å². The second kappa shape index (κ2) is 4.41. The topological polar surface area (TPSA) is 59.4 Å². The number of fused-ring (bicyclic) bond motifs is 1. The minimum Gasteiger partial charge on any atom is -0.507 e. The number of pyridine rings is 1. The van der Waals surface area contributed by atoms with E-state index in [9.17, 15) is 9.90 Å². The van der Waals surface area contributed by atoms with Crippen molar-refractivity contribution in [3.8, 4) is 5.75 Å². The molecule has 0 radical (unpaired) electrons. The average molecular weight is 231 g/mol. The summed E-state index contributed by atoms with van der Waals surface area (Å²) in [6, 6.07) is 6.81. The standard InChI is InChI=1S/C13H13NO3/c1-3-17-13(16)10-7-11(15)12-8(2)5-4-6-9(12)14-10/h4-7H,3H2,1-2H3,(H,14,15). The number of carbonyl (C=O) groups excluding carboxylic acids is 1. The fraction of sp³-hybridized carbons (Fsp3) is 0.231. The van der Waals surface area contributed by atoms with Crippen LogP contribution < -0.4 is 0 Å². The Kier molecular flexibility index (Phi) is 2.95. The van der Waals surface area contributed by atoms with Crippen LogP contribution in [0.3, 0.4) is 0 Å². The zero-order chi connectivity index (χ0) is 12.4. The van der Waals surface area contributed by atoms with Crippen LogP contribution in [0.4, 0.5) is 0 Å². The van der Waals surface area contributed by atoms with Crippen molar-refractivity contribution in [3.63, 3.8) is 0 Å². The molecule has 1 aromatic carbocycles. The Morgan fingerprint density at radius 1 is 1.47 bits per heavy atom. The van der Waals surface area contributed by atoms with Gasteiger partial charge in [0, 0.05) is 11.5 Å². The molecular formula is C13H13NO3. The highest BCUT2D eigenvalue weighted by atomic mass is 16.5. The van der Waals surface area contributed by atoms with Crippen molar-refractivity contribution < 1.29 is 14.6 Å². The fourth-order valence-corrected chi connectivity index (χ4v) is 1.75. The molecule has 0 saturated heterocycles. The Bertz CT molecular complexity index is 578. The molecule has 4 nitrogen and oxygen atoms in total. The first-order valence-corrected chi connectivity index (χ1v) is 5.40. The Labute approximate surface area is 98.9 Å². The normalized spacial score (nSPS) is 10.5. The van der Waals surface area contributed by atoms with Crippen LogP contribution in [0.2, 0.25) is 0 Å². The van der Waals surface area contributed by atoms with E-state index in [-0.39, 0.29) is 18.1 Å². The van der Waals surface area contributed by atoms with E-state index in [1.807, 2.05) is 19.1 Å². The summed E-state index contributed by atoms with van der Waals surface area (Å²) in [4.78, 5) is 15.7. The van der Waals surface area contributed by atoms with E-state index in [1.165, 1.54) is 6.07 Å². The van der Waals surface area contributed by atoms with Crippen LogP contribution >= 0.6 is 0 Å². The molecule has 4 heteroatoms. The Balaban J connectivity index is 2.60. The third-order valence-electron chi connectivity index (χ3n) is 2.51. The number of aromatic hydroxyl groups is 1. The van der Waals surface area contributed by atoms with Crippen molar-refractivity contribution in [2.45, 2.75) is 13.8 Å². The van der Waals surface area contributed by atoms with E-state index in [1.54, 1.807) is 13.0 Å². The molecule has 0 bridgehead atoms. The maximum absolute atomic E-state index is 11.5. The number of esters is 1. The van der Waals surface area contributed by atoms with Crippen molar-refractivity contribution in [2.24, 2.45) is 0 Å². The molecule has 0 spiro atoms. The van der Waals surface area contributed by atoms with Gasteiger partial charge in [0.2, 0.25) is 0 Å². The first-order valence-electron chi connectivity index (χ1n) is 5.40. The molecular weight excluding hydrogens is 218 g/mol. The molecule has 1 aromatic heterocycles. The van der Waals surface area contributed by atoms with E-state index in [0.717, 1.165) is 5.56 Å². The molecule has 0 unspecified atom stereocenters. The lowest BCUT2D eigenvalue weighted by Crippen LogP contribution is -2.07. The van der Waals surface area contributed by atoms with Gasteiger partial charge < -0.3 is 9.84 Å². The van der Waals surface area contributed by atoms with Crippen molar-refractivity contribution >= 4 is 16.9 Å². The molecule has 0 aliphatic rings. The van der Waals surface area contributed by atoms with Gasteiger partial charge in [0.1, 0.15) is 5.75 Å². The van der Waals surface area contributed by atoms with E-state index >= 15 is 0 Å². The average Bonchev–Trinajstić information content (AvgIpc) is 2.29. The second-order valence-corrected chi connectivity index (χ2v) is 3.72. The maximum Gasteiger partial charge on any atom is 0.357 e. The van der Waals surface area contributed by atoms with Crippen LogP contribution in [-0.4, -0.2) is 22.7 Å². The molecule has 0 amide bonds. The monoisotopic (exact) mass is 231 g/mol. The van der Waals surface area contributed by atoms with E-state index < -0.39 is 5.97 Å². The third-order valence-corrected chi connectivity index (χ3v) is 2.51. The Morgan fingerprint density at radius 3 is 2.94 bits per heavy atom. The zero-order valence-corrected chi connectivity index (χ0v) is 9.73. The molecule has 0 aliphatic heterocycles. The van der Waals surface area contributed by atoms with Crippen LogP contribution in [0.5, 0.6) is 5.75 Å². The summed E-state index contributed by atoms with van der Waals surface area (Å²) in [5, 5.41) is 10.6. The molecule has 88 valence electrons. The van der Waals surface area contributed by atoms with Crippen LogP contribution in [0.25, 0.3) is 10.9 Å². The quantitative estimate of drug-likeness (QED) is 0.806. The van der Waals surface area contributed by atoms with Crippen LogP contribution in [-0.2, 0) is 4.74 Å². The third kappa shape index (κ3) is 2.06. The number of hydrogen-bond acceptors (Lipinski definition) is 4. The van der Waals surface area contributed by atoms with Gasteiger partial charge in [-0.1, -0.05) is 12.1 Å². The highest BCUT2D eigenvalue weighted by molar-refractivity contribution is 5.95. The van der Waals surface area contributed by atoms with E-state index in [0.29, 0.717) is 10.9 Å². The summed E-state index contributed by atoms with van der Waals surface area (Å²) < 4.78 is 4.85. The molecule has 0 atom stereocenters. The van der Waals surface area contributed by atoms with Crippen molar-refractivity contribution in [1.82, 2.24) is 4.98 Å². The fourth-order valence-electron chi connectivity index (χ4n) is 1.75. The van der Waals surface area contributed by atoms with Crippen LogP contribution in [0, 0.1) is 6.92 Å². The Hall–Kier alpha value is -2.10. The number of rotatable bonds is 2. The summed E-state index contributed by atoms with van der Waals surface area (Å²) in [6.45, 7) is 3.89. The van der Waals surface area contributed by atoms with Crippen molar-refractivity contribution in [1.29, 1.82) is 0 Å². The van der Waals surface area contributed by atoms with Gasteiger partial charge in [0.25, 0.3) is 0 Å². The number of ether oxygens (including phenoxy) is 1. The number of aryl methyl sites for hydroxylation is 1. The summed E-state index contributed by atoms with van der Waals surface area (Å²) in [7, 11) is 0. The number of carbonyl (C=O) groups is 1. The minimum atomic E-state index is -0.522. The van der Waals surface area contributed by atoms with E-state index in [2.05, 4.69) is 4.98 Å². The van der Waals surface area contributed by atoms with Gasteiger partial charge >= 0.3 is 5.97 Å². The maximum atomic E-state index is 11.5. The summed E-state index contributed by atoms with van der Waals surface area (Å²) >= 11 is 0. The van der Waals surface area contributed by atoms with Gasteiger partial charge in [-0.05, 0) is 25.5 Å². The van der Waals surface area contributed by atoms with Gasteiger partial charge in [0.05, 0.1) is 12.1 Å². The van der Waals surface area contributed by atoms with Gasteiger partial charge in [-0.15, -0.1) is 0 Å². The highest BCUT2D eigenvalue weighted by Crippen LogP contribution is 2.27. The number of benzene rings is 1. The molecule has 2 aromatic rings. The molecule has 2 rings (SSSR count). The largest absolute Gasteiger partial charge is 0.507 e. The number of nitrogens with zero attached hydrogens (tertiary/aromatic N) is 1. The lowest BCUT2D eigenvalue weighted by Gasteiger charge is -2.06. The molecule has 0 saturated carbocycles. The molecule has 1 N–H and O–H groups in total. The first-order chi connectivity index (χ1) is 8.13. The predicted molar refractivity (Wildman–Crippen MR) is 64.1 cm³/mol. The summed E-state index contributed by atoms with van der Waals surface area (Å²) in [5.74, 6) is -0.470. The summed E-state index contributed by atoms with van der Waals surface area (Å²) in [5.41, 5.74) is 1.64. The predicted octanol–water partition coefficient (Wildman–Crippen LogP) is 2.43. The zero-order valence-electron chi connectivity index (χ0n) is 9.73. The molecule has 17 heavy (non-hydrogen) atoms. The molecule has 0 fully saturated rings. The lowest BCUT2D eigenvalue weighted by molar-refractivity contribution is 0.0519. The van der Waals surface area contributed by atoms with E-state index in [4.69, 9.17) is 4.74 Å². The Morgan fingerprint density at radius 2 is 2.24 bits per heavy atom. The van der Waals surface area contributed by atoms with Crippen molar-refractivity contribution in [3.05, 3.63) is 35.5 Å². The minimum absolute atomic E-state index is 0.0520. The lowest BCUT2D eigenvalue weighted by atomic mass is 10.1. The SMILES string of the molecule is CCOC(=O)c1cc(O)c2c(C)cccc2n1. The molecule has 0 aliphatic carbocycles. The van der Waals surface area contributed by atoms with Gasteiger partial charge in [-0.2, -0.15) is 0 Å². The van der Waals surface area contributed by atoms with Crippen LogP contribution in [0.1, 0.15) is 23.0 Å². The molecule has 1 heterocycles. The number of hydrogen-bond donors (Lipinski definition) is 1. The highest BCUT2D eigenvalue weighted by Gasteiger charge is 2.13. The second-order valence-electron chi connectivity index (χ2n) is 3.72. The smallest absolute Gasteiger partial charge is 0.357 e. The summed E-state index contributed by atoms with van der Waals surface area (Å²) in [6.07, 6.45) is 0. The van der Waals surface area contributed by atoms with Gasteiger partial charge in [-0.25, -0.2) is 9.78 Å². The first kappa shape index (κ1) is 11.4. The van der Waals surface area contributed by atoms with Crippen molar-refractivity contribution in [2.75, 3.05) is 6.61 Å². The van der Waals surface area contributed by atoms with Crippen LogP contribution in [0.15, 0.2) is 24.3 Å².